The van der Waals surface area contributed by atoms with Crippen LogP contribution in [0.5, 0.6) is 0 Å². The van der Waals surface area contributed by atoms with Gasteiger partial charge in [0.1, 0.15) is 0 Å². The Morgan fingerprint density at radius 3 is 1.48 bits per heavy atom. The van der Waals surface area contributed by atoms with Crippen molar-refractivity contribution in [3.8, 4) is 11.4 Å². The van der Waals surface area contributed by atoms with E-state index < -0.39 is 23.3 Å². The fourth-order valence-corrected chi connectivity index (χ4v) is 3.18. The van der Waals surface area contributed by atoms with Crippen LogP contribution in [0, 0.1) is 49.2 Å². The maximum Gasteiger partial charge on any atom is 2.00 e. The first-order valence-corrected chi connectivity index (χ1v) is 9.16. The van der Waals surface area contributed by atoms with Crippen LogP contribution < -0.4 is 0 Å². The summed E-state index contributed by atoms with van der Waals surface area (Å²) in [6, 6.07) is 8.76. The zero-order valence-corrected chi connectivity index (χ0v) is 18.8. The van der Waals surface area contributed by atoms with Gasteiger partial charge in [0.25, 0.3) is 0 Å². The average Bonchev–Trinajstić information content (AvgIpc) is 3.22. The SMILES string of the molecule is Cc1cn(-c2[c-]cc(F)cc2F)nc1CCc1nn(-c2[c-]cc(F)cc2F)cc1C.[Pt+2]. The molecule has 0 saturated carbocycles. The Morgan fingerprint density at radius 2 is 1.13 bits per heavy atom. The Bertz CT molecular complexity index is 1140. The van der Waals surface area contributed by atoms with E-state index in [4.69, 9.17) is 0 Å². The van der Waals surface area contributed by atoms with E-state index >= 15 is 0 Å². The van der Waals surface area contributed by atoms with E-state index in [1.54, 1.807) is 12.4 Å². The fourth-order valence-electron chi connectivity index (χ4n) is 3.18. The first-order chi connectivity index (χ1) is 14.3. The molecule has 0 N–H and O–H groups in total. The predicted molar refractivity (Wildman–Crippen MR) is 102 cm³/mol. The van der Waals surface area contributed by atoms with E-state index in [0.717, 1.165) is 46.8 Å². The molecule has 2 aromatic carbocycles. The zero-order valence-electron chi connectivity index (χ0n) is 16.5. The van der Waals surface area contributed by atoms with E-state index in [1.807, 2.05) is 13.8 Å². The molecule has 2 heterocycles. The quantitative estimate of drug-likeness (QED) is 0.246. The van der Waals surface area contributed by atoms with Crippen LogP contribution in [-0.4, -0.2) is 19.6 Å². The van der Waals surface area contributed by atoms with Crippen molar-refractivity contribution in [3.05, 3.63) is 94.6 Å². The van der Waals surface area contributed by atoms with Gasteiger partial charge in [-0.2, -0.15) is 22.3 Å². The summed E-state index contributed by atoms with van der Waals surface area (Å²) in [6.45, 7) is 3.68. The molecule has 0 amide bonds. The molecule has 4 nitrogen and oxygen atoms in total. The molecule has 0 unspecified atom stereocenters. The molecule has 0 saturated heterocycles. The second kappa shape index (κ2) is 9.18. The number of aryl methyl sites for hydroxylation is 4. The standard InChI is InChI=1S/C22H16F4N4.Pt/c1-13-11-29(21-7-3-15(23)9-17(21)25)27-19(13)5-6-20-14(2)12-30(28-20)22-8-4-16(24)10-18(22)26;/h3-4,9-12H,5-6H2,1-2H3;/q-2;+2. The summed E-state index contributed by atoms with van der Waals surface area (Å²) in [6.07, 6.45) is 4.32. The van der Waals surface area contributed by atoms with Crippen molar-refractivity contribution in [1.82, 2.24) is 19.6 Å². The van der Waals surface area contributed by atoms with E-state index in [1.165, 1.54) is 9.36 Å². The molecule has 0 aliphatic heterocycles. The van der Waals surface area contributed by atoms with Gasteiger partial charge in [0.2, 0.25) is 0 Å². The normalized spacial score (nSPS) is 10.9. The smallest absolute Gasteiger partial charge is 0.284 e. The molecule has 9 heteroatoms. The summed E-state index contributed by atoms with van der Waals surface area (Å²) < 4.78 is 56.9. The Labute approximate surface area is 190 Å². The molecule has 162 valence electrons. The Morgan fingerprint density at radius 1 is 0.742 bits per heavy atom. The number of hydrogen-bond donors (Lipinski definition) is 0. The fraction of sp³-hybridized carbons (Fsp3) is 0.182. The van der Waals surface area contributed by atoms with Gasteiger partial charge >= 0.3 is 21.1 Å². The van der Waals surface area contributed by atoms with Crippen LogP contribution in [0.15, 0.2) is 36.7 Å². The van der Waals surface area contributed by atoms with Gasteiger partial charge in [0.05, 0.1) is 11.4 Å². The minimum absolute atomic E-state index is 0. The number of halogens is 4. The summed E-state index contributed by atoms with van der Waals surface area (Å²) in [5, 5.41) is 8.77. The van der Waals surface area contributed by atoms with Gasteiger partial charge < -0.3 is 0 Å². The third-order valence-electron chi connectivity index (χ3n) is 4.73. The predicted octanol–water partition coefficient (Wildman–Crippen LogP) is 4.61. The van der Waals surface area contributed by atoms with E-state index in [2.05, 4.69) is 22.3 Å². The molecule has 0 aliphatic rings. The van der Waals surface area contributed by atoms with Crippen molar-refractivity contribution in [2.24, 2.45) is 0 Å². The minimum Gasteiger partial charge on any atom is -0.284 e. The number of benzene rings is 2. The molecule has 0 atom stereocenters. The van der Waals surface area contributed by atoms with Crippen LogP contribution in [0.2, 0.25) is 0 Å². The van der Waals surface area contributed by atoms with Crippen molar-refractivity contribution < 1.29 is 38.6 Å². The van der Waals surface area contributed by atoms with Gasteiger partial charge in [0, 0.05) is 35.7 Å². The summed E-state index contributed by atoms with van der Waals surface area (Å²) >= 11 is 0. The van der Waals surface area contributed by atoms with Crippen LogP contribution in [0.25, 0.3) is 11.4 Å². The minimum atomic E-state index is -0.754. The molecule has 0 fully saturated rings. The molecular formula is C22H16F4N4Pt. The van der Waals surface area contributed by atoms with E-state index in [-0.39, 0.29) is 32.4 Å². The monoisotopic (exact) mass is 607 g/mol. The Kier molecular flexibility index (Phi) is 6.80. The van der Waals surface area contributed by atoms with Crippen LogP contribution in [0.3, 0.4) is 0 Å². The van der Waals surface area contributed by atoms with Crippen molar-refractivity contribution in [2.45, 2.75) is 26.7 Å². The molecule has 0 bridgehead atoms. The first kappa shape index (κ1) is 22.9. The second-order valence-corrected chi connectivity index (χ2v) is 6.94. The summed E-state index contributed by atoms with van der Waals surface area (Å²) in [7, 11) is 0. The number of aromatic nitrogens is 4. The third-order valence-corrected chi connectivity index (χ3v) is 4.73. The second-order valence-electron chi connectivity index (χ2n) is 6.94. The molecule has 0 radical (unpaired) electrons. The molecule has 4 rings (SSSR count). The van der Waals surface area contributed by atoms with Crippen LogP contribution >= 0.6 is 0 Å². The maximum atomic E-state index is 14.0. The summed E-state index contributed by atoms with van der Waals surface area (Å²) in [5.74, 6) is -2.92. The van der Waals surface area contributed by atoms with E-state index in [9.17, 15) is 17.6 Å². The van der Waals surface area contributed by atoms with Gasteiger partial charge in [-0.05, 0) is 49.2 Å². The van der Waals surface area contributed by atoms with Gasteiger partial charge in [-0.1, -0.05) is 0 Å². The van der Waals surface area contributed by atoms with Crippen molar-refractivity contribution in [1.29, 1.82) is 0 Å². The summed E-state index contributed by atoms with van der Waals surface area (Å²) in [5.41, 5.74) is 3.19. The van der Waals surface area contributed by atoms with Gasteiger partial charge in [-0.15, -0.1) is 24.3 Å². The van der Waals surface area contributed by atoms with Crippen LogP contribution in [0.4, 0.5) is 17.6 Å². The van der Waals surface area contributed by atoms with Crippen LogP contribution in [0.1, 0.15) is 22.5 Å². The third kappa shape index (κ3) is 4.79. The average molecular weight is 607 g/mol. The van der Waals surface area contributed by atoms with Crippen molar-refractivity contribution in [2.75, 3.05) is 0 Å². The topological polar surface area (TPSA) is 35.6 Å². The van der Waals surface area contributed by atoms with Crippen molar-refractivity contribution in [3.63, 3.8) is 0 Å². The summed E-state index contributed by atoms with van der Waals surface area (Å²) in [4.78, 5) is 0. The number of nitrogens with zero attached hydrogens (tertiary/aromatic N) is 4. The molecular weight excluding hydrogens is 591 g/mol. The largest absolute Gasteiger partial charge is 2.00 e. The number of rotatable bonds is 5. The molecule has 4 aromatic rings. The zero-order chi connectivity index (χ0) is 21.4. The number of hydrogen-bond acceptors (Lipinski definition) is 2. The van der Waals surface area contributed by atoms with E-state index in [0.29, 0.717) is 12.8 Å². The van der Waals surface area contributed by atoms with Crippen LogP contribution in [-0.2, 0) is 33.9 Å². The molecule has 0 spiro atoms. The van der Waals surface area contributed by atoms with Gasteiger partial charge in [0.15, 0.2) is 0 Å². The Balaban J connectivity index is 0.00000272. The molecule has 2 aromatic heterocycles. The maximum absolute atomic E-state index is 14.0. The Hall–Kier alpha value is -2.73. The first-order valence-electron chi connectivity index (χ1n) is 9.16. The molecule has 31 heavy (non-hydrogen) atoms. The van der Waals surface area contributed by atoms with Gasteiger partial charge in [-0.3, -0.25) is 26.9 Å². The van der Waals surface area contributed by atoms with Gasteiger partial charge in [-0.25, -0.2) is 0 Å². The molecule has 0 aliphatic carbocycles. The van der Waals surface area contributed by atoms with Crippen molar-refractivity contribution >= 4 is 0 Å².